The number of hydrogen-bond donors (Lipinski definition) is 1. The molecule has 0 radical (unpaired) electrons. The smallest absolute Gasteiger partial charge is 0.269 e. The van der Waals surface area contributed by atoms with Crippen LogP contribution in [0.1, 0.15) is 31.2 Å². The van der Waals surface area contributed by atoms with Crippen molar-refractivity contribution >= 4 is 23.4 Å². The van der Waals surface area contributed by atoms with Gasteiger partial charge in [0.15, 0.2) is 0 Å². The molecular weight excluding hydrogens is 300 g/mol. The summed E-state index contributed by atoms with van der Waals surface area (Å²) in [4.78, 5) is 22.2. The Kier molecular flexibility index (Phi) is 4.66. The molecule has 0 aromatic heterocycles. The lowest BCUT2D eigenvalue weighted by molar-refractivity contribution is -0.384. The fraction of sp³-hybridized carbons (Fsp3) is 0.562. The molecule has 0 heterocycles. The molecule has 3 rings (SSSR count). The lowest BCUT2D eigenvalue weighted by Gasteiger charge is -2.22. The zero-order valence-corrected chi connectivity index (χ0v) is 13.2. The summed E-state index contributed by atoms with van der Waals surface area (Å²) in [6.07, 6.45) is 5.06. The van der Waals surface area contributed by atoms with E-state index in [1.54, 1.807) is 23.9 Å². The maximum absolute atomic E-state index is 12.0. The van der Waals surface area contributed by atoms with Gasteiger partial charge in [-0.2, -0.15) is 0 Å². The van der Waals surface area contributed by atoms with E-state index in [4.69, 9.17) is 0 Å². The van der Waals surface area contributed by atoms with Crippen LogP contribution in [0.25, 0.3) is 0 Å². The largest absolute Gasteiger partial charge is 0.352 e. The van der Waals surface area contributed by atoms with E-state index in [0.717, 1.165) is 17.9 Å². The average molecular weight is 320 g/mol. The third-order valence-corrected chi connectivity index (χ3v) is 5.74. The van der Waals surface area contributed by atoms with E-state index in [-0.39, 0.29) is 11.6 Å². The third kappa shape index (κ3) is 3.61. The average Bonchev–Trinajstić information content (AvgIpc) is 3.10. The predicted octanol–water partition coefficient (Wildman–Crippen LogP) is 3.13. The van der Waals surface area contributed by atoms with E-state index in [1.165, 1.54) is 31.4 Å². The van der Waals surface area contributed by atoms with Gasteiger partial charge in [-0.25, -0.2) is 0 Å². The molecule has 1 aromatic rings. The topological polar surface area (TPSA) is 72.2 Å². The highest BCUT2D eigenvalue weighted by atomic mass is 32.2. The number of fused-ring (bicyclic) bond motifs is 2. The van der Waals surface area contributed by atoms with Crippen LogP contribution in [0, 0.1) is 22.0 Å². The molecule has 6 heteroatoms. The van der Waals surface area contributed by atoms with E-state index in [1.807, 2.05) is 0 Å². The van der Waals surface area contributed by atoms with Gasteiger partial charge in [0.25, 0.3) is 5.69 Å². The van der Waals surface area contributed by atoms with Gasteiger partial charge in [0.2, 0.25) is 5.91 Å². The van der Waals surface area contributed by atoms with E-state index >= 15 is 0 Å². The molecule has 2 bridgehead atoms. The fourth-order valence-corrected chi connectivity index (χ4v) is 4.44. The van der Waals surface area contributed by atoms with Gasteiger partial charge in [0, 0.05) is 23.9 Å². The molecule has 0 unspecified atom stereocenters. The Morgan fingerprint density at radius 3 is 2.64 bits per heavy atom. The minimum Gasteiger partial charge on any atom is -0.352 e. The van der Waals surface area contributed by atoms with Gasteiger partial charge >= 0.3 is 0 Å². The molecule has 2 aliphatic rings. The summed E-state index contributed by atoms with van der Waals surface area (Å²) in [5.41, 5.74) is 1.10. The van der Waals surface area contributed by atoms with Gasteiger partial charge < -0.3 is 5.32 Å². The number of carbonyl (C=O) groups is 1. The number of thioether (sulfide) groups is 1. The van der Waals surface area contributed by atoms with E-state index in [9.17, 15) is 14.9 Å². The molecule has 2 fully saturated rings. The van der Waals surface area contributed by atoms with E-state index in [0.29, 0.717) is 23.5 Å². The van der Waals surface area contributed by atoms with Gasteiger partial charge in [-0.15, -0.1) is 11.8 Å². The summed E-state index contributed by atoms with van der Waals surface area (Å²) >= 11 is 1.55. The van der Waals surface area contributed by atoms with Crippen molar-refractivity contribution in [1.29, 1.82) is 0 Å². The zero-order valence-electron chi connectivity index (χ0n) is 12.4. The third-order valence-electron chi connectivity index (χ3n) is 4.73. The summed E-state index contributed by atoms with van der Waals surface area (Å²) in [7, 11) is 0. The SMILES string of the molecule is O=C(CSCc1ccc([N+](=O)[O-])cc1)N[C@@H]1C[C@H]2CC[C@@H]1C2. The highest BCUT2D eigenvalue weighted by molar-refractivity contribution is 7.99. The van der Waals surface area contributed by atoms with Gasteiger partial charge in [-0.1, -0.05) is 18.6 Å². The van der Waals surface area contributed by atoms with Crippen LogP contribution in [-0.4, -0.2) is 22.6 Å². The first-order chi connectivity index (χ1) is 10.6. The Morgan fingerprint density at radius 2 is 2.05 bits per heavy atom. The molecule has 1 N–H and O–H groups in total. The number of nitro benzene ring substituents is 1. The van der Waals surface area contributed by atoms with Gasteiger partial charge in [-0.05, 0) is 36.7 Å². The molecule has 118 valence electrons. The van der Waals surface area contributed by atoms with Crippen LogP contribution in [0.4, 0.5) is 5.69 Å². The molecule has 1 amide bonds. The van der Waals surface area contributed by atoms with Crippen LogP contribution in [0.3, 0.4) is 0 Å². The molecule has 5 nitrogen and oxygen atoms in total. The first kappa shape index (κ1) is 15.3. The normalized spacial score (nSPS) is 26.1. The molecule has 3 atom stereocenters. The van der Waals surface area contributed by atoms with Crippen LogP contribution >= 0.6 is 11.8 Å². The molecule has 0 spiro atoms. The summed E-state index contributed by atoms with van der Waals surface area (Å²) in [5.74, 6) is 2.80. The van der Waals surface area contributed by atoms with Crippen molar-refractivity contribution in [3.05, 3.63) is 39.9 Å². The Morgan fingerprint density at radius 1 is 1.27 bits per heavy atom. The Labute approximate surface area is 134 Å². The minimum absolute atomic E-state index is 0.0998. The van der Waals surface area contributed by atoms with Crippen molar-refractivity contribution in [2.45, 2.75) is 37.5 Å². The molecule has 0 aliphatic heterocycles. The number of nitrogens with one attached hydrogen (secondary N) is 1. The summed E-state index contributed by atoms with van der Waals surface area (Å²) in [5, 5.41) is 13.8. The number of nitro groups is 1. The second-order valence-corrected chi connectivity index (χ2v) is 7.25. The number of carbonyl (C=O) groups excluding carboxylic acids is 1. The van der Waals surface area contributed by atoms with Gasteiger partial charge in [-0.3, -0.25) is 14.9 Å². The van der Waals surface area contributed by atoms with E-state index < -0.39 is 4.92 Å². The van der Waals surface area contributed by atoms with Crippen LogP contribution < -0.4 is 5.32 Å². The second-order valence-electron chi connectivity index (χ2n) is 6.27. The number of hydrogen-bond acceptors (Lipinski definition) is 4. The molecule has 1 aromatic carbocycles. The maximum atomic E-state index is 12.0. The predicted molar refractivity (Wildman–Crippen MR) is 86.6 cm³/mol. The van der Waals surface area contributed by atoms with Crippen molar-refractivity contribution in [3.8, 4) is 0 Å². The molecule has 2 aliphatic carbocycles. The first-order valence-corrected chi connectivity index (χ1v) is 8.87. The molecule has 2 saturated carbocycles. The molecule has 0 saturated heterocycles. The van der Waals surface area contributed by atoms with Crippen molar-refractivity contribution in [2.24, 2.45) is 11.8 Å². The van der Waals surface area contributed by atoms with Crippen LogP contribution in [0.2, 0.25) is 0 Å². The summed E-state index contributed by atoms with van der Waals surface area (Å²) < 4.78 is 0. The minimum atomic E-state index is -0.403. The summed E-state index contributed by atoms with van der Waals surface area (Å²) in [6.45, 7) is 0. The second kappa shape index (κ2) is 6.69. The van der Waals surface area contributed by atoms with Crippen molar-refractivity contribution < 1.29 is 9.72 Å². The van der Waals surface area contributed by atoms with Crippen molar-refractivity contribution in [1.82, 2.24) is 5.32 Å². The van der Waals surface area contributed by atoms with Crippen LogP contribution in [0.5, 0.6) is 0 Å². The monoisotopic (exact) mass is 320 g/mol. The van der Waals surface area contributed by atoms with Crippen molar-refractivity contribution in [3.63, 3.8) is 0 Å². The lowest BCUT2D eigenvalue weighted by Crippen LogP contribution is -2.39. The molecular formula is C16H20N2O3S. The van der Waals surface area contributed by atoms with Gasteiger partial charge in [0.1, 0.15) is 0 Å². The Hall–Kier alpha value is -1.56. The number of rotatable bonds is 6. The van der Waals surface area contributed by atoms with Crippen molar-refractivity contribution in [2.75, 3.05) is 5.75 Å². The lowest BCUT2D eigenvalue weighted by atomic mass is 9.95. The first-order valence-electron chi connectivity index (χ1n) is 7.72. The highest BCUT2D eigenvalue weighted by Gasteiger charge is 2.39. The number of non-ortho nitro benzene ring substituents is 1. The van der Waals surface area contributed by atoms with Crippen LogP contribution in [0.15, 0.2) is 24.3 Å². The zero-order chi connectivity index (χ0) is 15.5. The number of benzene rings is 1. The van der Waals surface area contributed by atoms with Crippen LogP contribution in [-0.2, 0) is 10.5 Å². The van der Waals surface area contributed by atoms with Gasteiger partial charge in [0.05, 0.1) is 10.7 Å². The fourth-order valence-electron chi connectivity index (χ4n) is 3.65. The standard InChI is InChI=1S/C16H20N2O3S/c19-16(17-15-8-12-1-4-13(15)7-12)10-22-9-11-2-5-14(6-3-11)18(20)21/h2-3,5-6,12-13,15H,1,4,7-10H2,(H,17,19)/t12-,13+,15+/m0/s1. The summed E-state index contributed by atoms with van der Waals surface area (Å²) in [6, 6.07) is 6.90. The Bertz CT molecular complexity index is 561. The number of amides is 1. The number of nitrogens with zero attached hydrogens (tertiary/aromatic N) is 1. The quantitative estimate of drug-likeness (QED) is 0.645. The van der Waals surface area contributed by atoms with E-state index in [2.05, 4.69) is 5.32 Å². The highest BCUT2D eigenvalue weighted by Crippen LogP contribution is 2.44. The Balaban J connectivity index is 1.39. The molecule has 22 heavy (non-hydrogen) atoms. The maximum Gasteiger partial charge on any atom is 0.269 e.